The minimum Gasteiger partial charge on any atom is -0.300 e. The predicted molar refractivity (Wildman–Crippen MR) is 93.1 cm³/mol. The van der Waals surface area contributed by atoms with E-state index >= 15 is 0 Å². The zero-order chi connectivity index (χ0) is 16.5. The molecule has 2 aliphatic rings. The molecule has 0 atom stereocenters. The quantitative estimate of drug-likeness (QED) is 0.779. The number of hydrogen-bond acceptors (Lipinski definition) is 3. The highest BCUT2D eigenvalue weighted by molar-refractivity contribution is 5.86. The van der Waals surface area contributed by atoms with E-state index in [9.17, 15) is 4.79 Å². The molecule has 128 valence electrons. The lowest BCUT2D eigenvalue weighted by atomic mass is 9.78. The van der Waals surface area contributed by atoms with Crippen LogP contribution in [0.5, 0.6) is 0 Å². The average molecular weight is 309 g/mol. The van der Waals surface area contributed by atoms with Gasteiger partial charge in [0.05, 0.1) is 0 Å². The highest BCUT2D eigenvalue weighted by Gasteiger charge is 2.35. The second-order valence-corrected chi connectivity index (χ2v) is 9.31. The molecule has 3 nitrogen and oxygen atoms in total. The van der Waals surface area contributed by atoms with E-state index in [1.54, 1.807) is 0 Å². The summed E-state index contributed by atoms with van der Waals surface area (Å²) >= 11 is 0. The monoisotopic (exact) mass is 308 g/mol. The Morgan fingerprint density at radius 3 is 1.73 bits per heavy atom. The molecule has 0 unspecified atom stereocenters. The maximum absolute atomic E-state index is 12.4. The number of hydrogen-bond donors (Lipinski definition) is 0. The van der Waals surface area contributed by atoms with Crippen LogP contribution in [0.25, 0.3) is 0 Å². The first-order valence-electron chi connectivity index (χ1n) is 9.12. The van der Waals surface area contributed by atoms with E-state index in [0.717, 1.165) is 32.0 Å². The molecule has 22 heavy (non-hydrogen) atoms. The SMILES string of the molecule is CC(C)(C)C(=O)C1CCN(C2CCN(C(C)(C)C)CC2)CC1. The molecule has 2 saturated heterocycles. The molecule has 0 aromatic heterocycles. The van der Waals surface area contributed by atoms with E-state index in [1.807, 2.05) is 0 Å². The van der Waals surface area contributed by atoms with Crippen molar-refractivity contribution in [1.82, 2.24) is 9.80 Å². The van der Waals surface area contributed by atoms with Crippen molar-refractivity contribution in [3.05, 3.63) is 0 Å². The molecule has 2 fully saturated rings. The molecule has 0 spiro atoms. The van der Waals surface area contributed by atoms with Gasteiger partial charge in [-0.2, -0.15) is 0 Å². The fourth-order valence-electron chi connectivity index (χ4n) is 4.04. The van der Waals surface area contributed by atoms with E-state index in [0.29, 0.717) is 17.2 Å². The van der Waals surface area contributed by atoms with Crippen molar-refractivity contribution in [3.63, 3.8) is 0 Å². The van der Waals surface area contributed by atoms with Crippen LogP contribution in [0.2, 0.25) is 0 Å². The summed E-state index contributed by atoms with van der Waals surface area (Å²) in [5.74, 6) is 0.764. The van der Waals surface area contributed by atoms with Crippen LogP contribution in [-0.4, -0.2) is 53.3 Å². The minimum atomic E-state index is -0.176. The van der Waals surface area contributed by atoms with Gasteiger partial charge in [0.1, 0.15) is 5.78 Å². The van der Waals surface area contributed by atoms with Crippen LogP contribution in [0.1, 0.15) is 67.2 Å². The molecule has 0 aromatic rings. The second-order valence-electron chi connectivity index (χ2n) is 9.31. The van der Waals surface area contributed by atoms with Crippen LogP contribution in [0.15, 0.2) is 0 Å². The number of nitrogens with zero attached hydrogens (tertiary/aromatic N) is 2. The maximum Gasteiger partial charge on any atom is 0.141 e. The van der Waals surface area contributed by atoms with Crippen LogP contribution in [-0.2, 0) is 4.79 Å². The summed E-state index contributed by atoms with van der Waals surface area (Å²) in [4.78, 5) is 17.7. The number of Topliss-reactive ketones (excluding diaryl/α,β-unsaturated/α-hetero) is 1. The van der Waals surface area contributed by atoms with Crippen LogP contribution in [0.3, 0.4) is 0 Å². The average Bonchev–Trinajstić information content (AvgIpc) is 2.45. The fourth-order valence-corrected chi connectivity index (χ4v) is 4.04. The molecule has 0 amide bonds. The molecule has 0 bridgehead atoms. The van der Waals surface area contributed by atoms with Crippen molar-refractivity contribution < 1.29 is 4.79 Å². The number of piperidine rings is 2. The van der Waals surface area contributed by atoms with Crippen LogP contribution in [0, 0.1) is 11.3 Å². The standard InChI is InChI=1S/C19H36N2O/c1-18(2,3)17(22)15-7-11-20(12-8-15)16-9-13-21(14-10-16)19(4,5)6/h15-16H,7-14H2,1-6H3. The van der Waals surface area contributed by atoms with Crippen molar-refractivity contribution in [1.29, 1.82) is 0 Å². The first kappa shape index (κ1) is 17.9. The molecular weight excluding hydrogens is 272 g/mol. The van der Waals surface area contributed by atoms with Crippen molar-refractivity contribution in [2.24, 2.45) is 11.3 Å². The molecule has 0 N–H and O–H groups in total. The third-order valence-electron chi connectivity index (χ3n) is 5.57. The number of ketones is 1. The first-order chi connectivity index (χ1) is 10.1. The van der Waals surface area contributed by atoms with Gasteiger partial charge >= 0.3 is 0 Å². The molecule has 2 aliphatic heterocycles. The van der Waals surface area contributed by atoms with Gasteiger partial charge in [-0.15, -0.1) is 0 Å². The fraction of sp³-hybridized carbons (Fsp3) is 0.947. The lowest BCUT2D eigenvalue weighted by Gasteiger charge is -2.45. The molecule has 2 heterocycles. The largest absolute Gasteiger partial charge is 0.300 e. The normalized spacial score (nSPS) is 24.6. The van der Waals surface area contributed by atoms with Crippen LogP contribution in [0.4, 0.5) is 0 Å². The van der Waals surface area contributed by atoms with Gasteiger partial charge in [-0.25, -0.2) is 0 Å². The Hall–Kier alpha value is -0.410. The molecule has 0 aromatic carbocycles. The third-order valence-corrected chi connectivity index (χ3v) is 5.57. The Balaban J connectivity index is 1.80. The van der Waals surface area contributed by atoms with Gasteiger partial charge in [-0.05, 0) is 59.5 Å². The molecule has 0 saturated carbocycles. The Kier molecular flexibility index (Phi) is 5.38. The van der Waals surface area contributed by atoms with Gasteiger partial charge in [0, 0.05) is 36.0 Å². The summed E-state index contributed by atoms with van der Waals surface area (Å²) in [5, 5.41) is 0. The summed E-state index contributed by atoms with van der Waals surface area (Å²) in [6.07, 6.45) is 4.70. The summed E-state index contributed by atoms with van der Waals surface area (Å²) < 4.78 is 0. The van der Waals surface area contributed by atoms with Gasteiger partial charge in [-0.1, -0.05) is 20.8 Å². The molecule has 0 radical (unpaired) electrons. The zero-order valence-corrected chi connectivity index (χ0v) is 15.6. The Morgan fingerprint density at radius 1 is 0.818 bits per heavy atom. The van der Waals surface area contributed by atoms with Gasteiger partial charge in [0.2, 0.25) is 0 Å². The number of rotatable bonds is 2. The van der Waals surface area contributed by atoms with Crippen molar-refractivity contribution >= 4 is 5.78 Å². The lowest BCUT2D eigenvalue weighted by Crippen LogP contribution is -2.52. The lowest BCUT2D eigenvalue weighted by molar-refractivity contribution is -0.132. The summed E-state index contributed by atoms with van der Waals surface area (Å²) in [5.41, 5.74) is 0.127. The Morgan fingerprint density at radius 2 is 1.32 bits per heavy atom. The smallest absolute Gasteiger partial charge is 0.141 e. The van der Waals surface area contributed by atoms with Gasteiger partial charge < -0.3 is 4.90 Å². The number of carbonyl (C=O) groups is 1. The maximum atomic E-state index is 12.4. The van der Waals surface area contributed by atoms with Crippen LogP contribution < -0.4 is 0 Å². The van der Waals surface area contributed by atoms with E-state index in [1.165, 1.54) is 25.9 Å². The molecule has 3 heteroatoms. The topological polar surface area (TPSA) is 23.6 Å². The molecule has 2 rings (SSSR count). The van der Waals surface area contributed by atoms with E-state index < -0.39 is 0 Å². The van der Waals surface area contributed by atoms with E-state index in [-0.39, 0.29) is 5.41 Å². The second kappa shape index (κ2) is 6.60. The van der Waals surface area contributed by atoms with E-state index in [2.05, 4.69) is 51.3 Å². The van der Waals surface area contributed by atoms with Gasteiger partial charge in [0.15, 0.2) is 0 Å². The van der Waals surface area contributed by atoms with Gasteiger partial charge in [-0.3, -0.25) is 9.69 Å². The molecule has 0 aliphatic carbocycles. The van der Waals surface area contributed by atoms with E-state index in [4.69, 9.17) is 0 Å². The number of carbonyl (C=O) groups excluding carboxylic acids is 1. The summed E-state index contributed by atoms with van der Waals surface area (Å²) in [7, 11) is 0. The van der Waals surface area contributed by atoms with Gasteiger partial charge in [0.25, 0.3) is 0 Å². The summed E-state index contributed by atoms with van der Waals surface area (Å²) in [6, 6.07) is 0.740. The highest BCUT2D eigenvalue weighted by atomic mass is 16.1. The number of likely N-dealkylation sites (tertiary alicyclic amines) is 2. The Bertz CT molecular complexity index is 375. The third kappa shape index (κ3) is 4.32. The first-order valence-corrected chi connectivity index (χ1v) is 9.12. The minimum absolute atomic E-state index is 0.176. The predicted octanol–water partition coefficient (Wildman–Crippen LogP) is 3.58. The molecular formula is C19H36N2O. The van der Waals surface area contributed by atoms with Crippen LogP contribution >= 0.6 is 0 Å². The summed E-state index contributed by atoms with van der Waals surface area (Å²) in [6.45, 7) is 17.8. The van der Waals surface area contributed by atoms with Crippen molar-refractivity contribution in [2.45, 2.75) is 78.8 Å². The highest BCUT2D eigenvalue weighted by Crippen LogP contribution is 2.30. The van der Waals surface area contributed by atoms with Crippen molar-refractivity contribution in [2.75, 3.05) is 26.2 Å². The zero-order valence-electron chi connectivity index (χ0n) is 15.6. The Labute approximate surface area is 137 Å². The van der Waals surface area contributed by atoms with Crippen molar-refractivity contribution in [3.8, 4) is 0 Å².